The Balaban J connectivity index is 2.59. The minimum absolute atomic E-state index is 0.147. The van der Waals surface area contributed by atoms with Gasteiger partial charge in [-0.1, -0.05) is 6.07 Å². The quantitative estimate of drug-likeness (QED) is 0.829. The largest absolute Gasteiger partial charge is 0.490 e. The van der Waals surface area contributed by atoms with Crippen LogP contribution in [0.15, 0.2) is 18.2 Å². The van der Waals surface area contributed by atoms with E-state index in [-0.39, 0.29) is 19.0 Å². The second-order valence-electron chi connectivity index (χ2n) is 3.50. The van der Waals surface area contributed by atoms with Crippen molar-refractivity contribution >= 4 is 5.97 Å². The standard InChI is InChI=1S/C12H15FO4/c1-3-16-11(12(14)15)7-17-9-5-4-8(2)10(13)6-9/h4-6,11H,3,7H2,1-2H3,(H,14,15). The first-order valence-corrected chi connectivity index (χ1v) is 5.28. The Morgan fingerprint density at radius 1 is 1.53 bits per heavy atom. The molecule has 1 N–H and O–H groups in total. The number of carbonyl (C=O) groups is 1. The van der Waals surface area contributed by atoms with Crippen molar-refractivity contribution in [1.29, 1.82) is 0 Å². The SMILES string of the molecule is CCOC(COc1ccc(C)c(F)c1)C(=O)O. The third-order valence-electron chi connectivity index (χ3n) is 2.19. The maximum Gasteiger partial charge on any atom is 0.336 e. The smallest absolute Gasteiger partial charge is 0.336 e. The second-order valence-corrected chi connectivity index (χ2v) is 3.50. The van der Waals surface area contributed by atoms with Gasteiger partial charge in [-0.15, -0.1) is 0 Å². The zero-order valence-corrected chi connectivity index (χ0v) is 9.77. The number of hydrogen-bond acceptors (Lipinski definition) is 3. The molecule has 0 aliphatic heterocycles. The fraction of sp³-hybridized carbons (Fsp3) is 0.417. The highest BCUT2D eigenvalue weighted by Gasteiger charge is 2.18. The summed E-state index contributed by atoms with van der Waals surface area (Å²) in [6, 6.07) is 4.38. The van der Waals surface area contributed by atoms with Crippen LogP contribution in [0.5, 0.6) is 5.75 Å². The number of aryl methyl sites for hydroxylation is 1. The lowest BCUT2D eigenvalue weighted by atomic mass is 10.2. The summed E-state index contributed by atoms with van der Waals surface area (Å²) in [5, 5.41) is 8.80. The van der Waals surface area contributed by atoms with E-state index >= 15 is 0 Å². The first-order chi connectivity index (χ1) is 8.04. The van der Waals surface area contributed by atoms with Gasteiger partial charge in [0.25, 0.3) is 0 Å². The van der Waals surface area contributed by atoms with Gasteiger partial charge < -0.3 is 14.6 Å². The van der Waals surface area contributed by atoms with Crippen LogP contribution < -0.4 is 4.74 Å². The Kier molecular flexibility index (Phi) is 4.90. The van der Waals surface area contributed by atoms with E-state index in [4.69, 9.17) is 14.6 Å². The number of aliphatic carboxylic acids is 1. The van der Waals surface area contributed by atoms with Crippen LogP contribution in [0, 0.1) is 12.7 Å². The fourth-order valence-electron chi connectivity index (χ4n) is 1.23. The molecule has 0 heterocycles. The Bertz CT molecular complexity index is 392. The lowest BCUT2D eigenvalue weighted by Gasteiger charge is -2.13. The summed E-state index contributed by atoms with van der Waals surface area (Å²) in [5.41, 5.74) is 0.511. The molecule has 0 bridgehead atoms. The van der Waals surface area contributed by atoms with Gasteiger partial charge in [-0.2, -0.15) is 0 Å². The lowest BCUT2D eigenvalue weighted by Crippen LogP contribution is -2.30. The van der Waals surface area contributed by atoms with Crippen molar-refractivity contribution in [3.05, 3.63) is 29.6 Å². The number of benzene rings is 1. The van der Waals surface area contributed by atoms with Crippen LogP contribution in [0.3, 0.4) is 0 Å². The molecule has 0 saturated heterocycles. The van der Waals surface area contributed by atoms with Crippen LogP contribution in [0.4, 0.5) is 4.39 Å². The molecule has 0 spiro atoms. The summed E-state index contributed by atoms with van der Waals surface area (Å²) >= 11 is 0. The molecule has 1 aromatic carbocycles. The van der Waals surface area contributed by atoms with Gasteiger partial charge in [0.05, 0.1) is 0 Å². The number of rotatable bonds is 6. The monoisotopic (exact) mass is 242 g/mol. The summed E-state index contributed by atoms with van der Waals surface area (Å²) in [7, 11) is 0. The molecular weight excluding hydrogens is 227 g/mol. The van der Waals surface area contributed by atoms with Crippen LogP contribution in [0.25, 0.3) is 0 Å². The van der Waals surface area contributed by atoms with Crippen molar-refractivity contribution in [2.24, 2.45) is 0 Å². The average Bonchev–Trinajstić information content (AvgIpc) is 2.28. The molecular formula is C12H15FO4. The van der Waals surface area contributed by atoms with Gasteiger partial charge >= 0.3 is 5.97 Å². The molecule has 0 fully saturated rings. The molecule has 0 aliphatic rings. The predicted molar refractivity (Wildman–Crippen MR) is 59.7 cm³/mol. The van der Waals surface area contributed by atoms with Gasteiger partial charge in [0.15, 0.2) is 6.10 Å². The zero-order chi connectivity index (χ0) is 12.8. The van der Waals surface area contributed by atoms with Gasteiger partial charge in [-0.25, -0.2) is 9.18 Å². The summed E-state index contributed by atoms with van der Waals surface area (Å²) in [4.78, 5) is 10.8. The highest BCUT2D eigenvalue weighted by Crippen LogP contribution is 2.16. The van der Waals surface area contributed by atoms with Crippen LogP contribution in [0.2, 0.25) is 0 Å². The van der Waals surface area contributed by atoms with Crippen molar-refractivity contribution in [1.82, 2.24) is 0 Å². The van der Waals surface area contributed by atoms with Crippen LogP contribution >= 0.6 is 0 Å². The maximum atomic E-state index is 13.2. The summed E-state index contributed by atoms with van der Waals surface area (Å²) < 4.78 is 23.3. The van der Waals surface area contributed by atoms with Crippen molar-refractivity contribution in [3.8, 4) is 5.75 Å². The van der Waals surface area contributed by atoms with E-state index in [1.54, 1.807) is 26.0 Å². The van der Waals surface area contributed by atoms with E-state index in [1.165, 1.54) is 6.07 Å². The molecule has 0 aromatic heterocycles. The van der Waals surface area contributed by atoms with Crippen molar-refractivity contribution in [2.45, 2.75) is 20.0 Å². The van der Waals surface area contributed by atoms with Gasteiger partial charge in [-0.3, -0.25) is 0 Å². The summed E-state index contributed by atoms with van der Waals surface area (Å²) in [5.74, 6) is -1.19. The van der Waals surface area contributed by atoms with Gasteiger partial charge in [0, 0.05) is 12.7 Å². The number of carboxylic acids is 1. The molecule has 1 rings (SSSR count). The molecule has 4 nitrogen and oxygen atoms in total. The minimum atomic E-state index is -1.10. The lowest BCUT2D eigenvalue weighted by molar-refractivity contribution is -0.152. The molecule has 0 amide bonds. The number of carboxylic acid groups (broad SMARTS) is 1. The molecule has 17 heavy (non-hydrogen) atoms. The highest BCUT2D eigenvalue weighted by atomic mass is 19.1. The van der Waals surface area contributed by atoms with E-state index < -0.39 is 12.1 Å². The third kappa shape index (κ3) is 4.03. The number of hydrogen-bond donors (Lipinski definition) is 1. The normalized spacial score (nSPS) is 12.2. The van der Waals surface area contributed by atoms with Gasteiger partial charge in [0.1, 0.15) is 18.2 Å². The van der Waals surface area contributed by atoms with E-state index in [9.17, 15) is 9.18 Å². The zero-order valence-electron chi connectivity index (χ0n) is 9.77. The summed E-state index contributed by atoms with van der Waals surface area (Å²) in [6.45, 7) is 3.47. The number of halogens is 1. The third-order valence-corrected chi connectivity index (χ3v) is 2.19. The van der Waals surface area contributed by atoms with E-state index in [1.807, 2.05) is 0 Å². The molecule has 1 unspecified atom stereocenters. The molecule has 1 aromatic rings. The maximum absolute atomic E-state index is 13.2. The molecule has 0 saturated carbocycles. The van der Waals surface area contributed by atoms with E-state index in [0.717, 1.165) is 0 Å². The van der Waals surface area contributed by atoms with Crippen molar-refractivity contribution in [2.75, 3.05) is 13.2 Å². The van der Waals surface area contributed by atoms with Gasteiger partial charge in [-0.05, 0) is 25.5 Å². The Morgan fingerprint density at radius 3 is 2.76 bits per heavy atom. The Labute approximate surface area is 99.0 Å². The summed E-state index contributed by atoms with van der Waals surface area (Å²) in [6.07, 6.45) is -1.04. The highest BCUT2D eigenvalue weighted by molar-refractivity contribution is 5.72. The van der Waals surface area contributed by atoms with E-state index in [0.29, 0.717) is 11.3 Å². The van der Waals surface area contributed by atoms with Crippen LogP contribution in [-0.2, 0) is 9.53 Å². The predicted octanol–water partition coefficient (Wildman–Crippen LogP) is 2.00. The Morgan fingerprint density at radius 2 is 2.24 bits per heavy atom. The van der Waals surface area contributed by atoms with Gasteiger partial charge in [0.2, 0.25) is 0 Å². The van der Waals surface area contributed by atoms with Crippen molar-refractivity contribution < 1.29 is 23.8 Å². The fourth-order valence-corrected chi connectivity index (χ4v) is 1.23. The minimum Gasteiger partial charge on any atom is -0.490 e. The van der Waals surface area contributed by atoms with Crippen molar-refractivity contribution in [3.63, 3.8) is 0 Å². The van der Waals surface area contributed by atoms with Crippen LogP contribution in [-0.4, -0.2) is 30.4 Å². The second kappa shape index (κ2) is 6.20. The number of ether oxygens (including phenoxy) is 2. The average molecular weight is 242 g/mol. The molecule has 1 atom stereocenters. The topological polar surface area (TPSA) is 55.8 Å². The first-order valence-electron chi connectivity index (χ1n) is 5.28. The molecule has 0 radical (unpaired) electrons. The molecule has 94 valence electrons. The first kappa shape index (κ1) is 13.4. The molecule has 0 aliphatic carbocycles. The Hall–Kier alpha value is -1.62. The van der Waals surface area contributed by atoms with E-state index in [2.05, 4.69) is 0 Å². The van der Waals surface area contributed by atoms with Crippen LogP contribution in [0.1, 0.15) is 12.5 Å². The molecule has 5 heteroatoms.